The number of carboxylic acid groups (broad SMARTS) is 1. The SMILES string of the molecule is CCn1cc(C(=O)O)c(=O)c2cc(N3CCNCC3)ccc21. The number of hydrogen-bond acceptors (Lipinski definition) is 4. The van der Waals surface area contributed by atoms with Gasteiger partial charge in [0.2, 0.25) is 5.43 Å². The smallest absolute Gasteiger partial charge is 0.341 e. The second-order valence-electron chi connectivity index (χ2n) is 5.40. The Labute approximate surface area is 128 Å². The molecule has 0 amide bonds. The van der Waals surface area contributed by atoms with E-state index < -0.39 is 11.4 Å². The molecule has 0 bridgehead atoms. The number of benzene rings is 1. The van der Waals surface area contributed by atoms with E-state index in [2.05, 4.69) is 10.2 Å². The number of piperazine rings is 1. The van der Waals surface area contributed by atoms with Crippen molar-refractivity contribution >= 4 is 22.6 Å². The molecule has 0 saturated carbocycles. The number of aromatic nitrogens is 1. The standard InChI is InChI=1S/C16H19N3O3/c1-2-18-10-13(16(21)22)15(20)12-9-11(3-4-14(12)18)19-7-5-17-6-8-19/h3-4,9-10,17H,2,5-8H2,1H3,(H,21,22). The van der Waals surface area contributed by atoms with Gasteiger partial charge in [0.05, 0.1) is 5.52 Å². The number of anilines is 1. The van der Waals surface area contributed by atoms with Gasteiger partial charge in [0.25, 0.3) is 0 Å². The molecule has 6 nitrogen and oxygen atoms in total. The van der Waals surface area contributed by atoms with Gasteiger partial charge in [0.15, 0.2) is 0 Å². The summed E-state index contributed by atoms with van der Waals surface area (Å²) in [7, 11) is 0. The first kappa shape index (κ1) is 14.6. The molecule has 0 spiro atoms. The van der Waals surface area contributed by atoms with E-state index in [0.29, 0.717) is 11.9 Å². The third-order valence-electron chi connectivity index (χ3n) is 4.12. The Morgan fingerprint density at radius 2 is 2.05 bits per heavy atom. The van der Waals surface area contributed by atoms with Crippen molar-refractivity contribution in [2.75, 3.05) is 31.1 Å². The maximum Gasteiger partial charge on any atom is 0.341 e. The number of aryl methyl sites for hydroxylation is 1. The number of pyridine rings is 1. The second kappa shape index (κ2) is 5.81. The van der Waals surface area contributed by atoms with Crippen LogP contribution in [0.1, 0.15) is 17.3 Å². The fraction of sp³-hybridized carbons (Fsp3) is 0.375. The van der Waals surface area contributed by atoms with Gasteiger partial charge in [-0.05, 0) is 25.1 Å². The summed E-state index contributed by atoms with van der Waals surface area (Å²) in [4.78, 5) is 25.9. The summed E-state index contributed by atoms with van der Waals surface area (Å²) >= 11 is 0. The largest absolute Gasteiger partial charge is 0.477 e. The number of rotatable bonds is 3. The molecule has 2 N–H and O–H groups in total. The molecule has 2 heterocycles. The van der Waals surface area contributed by atoms with Crippen molar-refractivity contribution in [3.8, 4) is 0 Å². The lowest BCUT2D eigenvalue weighted by Crippen LogP contribution is -2.43. The molecular weight excluding hydrogens is 282 g/mol. The van der Waals surface area contributed by atoms with Crippen LogP contribution in [0.4, 0.5) is 5.69 Å². The average molecular weight is 301 g/mol. The molecular formula is C16H19N3O3. The molecule has 0 radical (unpaired) electrons. The van der Waals surface area contributed by atoms with Crippen molar-refractivity contribution in [1.82, 2.24) is 9.88 Å². The van der Waals surface area contributed by atoms with E-state index in [-0.39, 0.29) is 5.56 Å². The molecule has 1 aromatic heterocycles. The number of nitrogens with zero attached hydrogens (tertiary/aromatic N) is 2. The summed E-state index contributed by atoms with van der Waals surface area (Å²) in [5, 5.41) is 13.0. The molecule has 6 heteroatoms. The summed E-state index contributed by atoms with van der Waals surface area (Å²) in [5.41, 5.74) is 1.16. The molecule has 116 valence electrons. The van der Waals surface area contributed by atoms with Gasteiger partial charge in [-0.25, -0.2) is 4.79 Å². The van der Waals surface area contributed by atoms with Gasteiger partial charge in [-0.3, -0.25) is 4.79 Å². The van der Waals surface area contributed by atoms with Crippen LogP contribution in [0.2, 0.25) is 0 Å². The van der Waals surface area contributed by atoms with Crippen LogP contribution in [-0.4, -0.2) is 41.8 Å². The molecule has 0 aliphatic carbocycles. The van der Waals surface area contributed by atoms with E-state index in [1.54, 1.807) is 0 Å². The Kier molecular flexibility index (Phi) is 3.85. The van der Waals surface area contributed by atoms with Crippen LogP contribution in [0.25, 0.3) is 10.9 Å². The van der Waals surface area contributed by atoms with Crippen LogP contribution in [0.5, 0.6) is 0 Å². The van der Waals surface area contributed by atoms with E-state index in [1.807, 2.05) is 29.7 Å². The van der Waals surface area contributed by atoms with Gasteiger partial charge in [-0.2, -0.15) is 0 Å². The lowest BCUT2D eigenvalue weighted by Gasteiger charge is -2.29. The number of hydrogen-bond donors (Lipinski definition) is 2. The molecule has 1 aromatic carbocycles. The first-order valence-corrected chi connectivity index (χ1v) is 7.48. The van der Waals surface area contributed by atoms with Crippen LogP contribution >= 0.6 is 0 Å². The summed E-state index contributed by atoms with van der Waals surface area (Å²) < 4.78 is 1.81. The fourth-order valence-electron chi connectivity index (χ4n) is 2.92. The zero-order chi connectivity index (χ0) is 15.7. The number of nitrogens with one attached hydrogen (secondary N) is 1. The Morgan fingerprint density at radius 1 is 1.32 bits per heavy atom. The first-order chi connectivity index (χ1) is 10.6. The summed E-state index contributed by atoms with van der Waals surface area (Å²) in [6.07, 6.45) is 1.43. The van der Waals surface area contributed by atoms with Crippen LogP contribution < -0.4 is 15.6 Å². The molecule has 1 aliphatic rings. The highest BCUT2D eigenvalue weighted by molar-refractivity contribution is 5.93. The van der Waals surface area contributed by atoms with Crippen molar-refractivity contribution in [2.24, 2.45) is 0 Å². The lowest BCUT2D eigenvalue weighted by atomic mass is 10.1. The van der Waals surface area contributed by atoms with Crippen molar-refractivity contribution in [1.29, 1.82) is 0 Å². The number of aromatic carboxylic acids is 1. The monoisotopic (exact) mass is 301 g/mol. The molecule has 1 saturated heterocycles. The van der Waals surface area contributed by atoms with Crippen molar-refractivity contribution < 1.29 is 9.90 Å². The predicted octanol–water partition coefficient (Wildman–Crippen LogP) is 1.13. The van der Waals surface area contributed by atoms with Crippen LogP contribution in [0, 0.1) is 0 Å². The maximum absolute atomic E-state index is 12.4. The summed E-state index contributed by atoms with van der Waals surface area (Å²) in [6, 6.07) is 5.73. The van der Waals surface area contributed by atoms with E-state index in [0.717, 1.165) is 37.4 Å². The van der Waals surface area contributed by atoms with E-state index >= 15 is 0 Å². The molecule has 1 fully saturated rings. The van der Waals surface area contributed by atoms with Gasteiger partial charge < -0.3 is 19.9 Å². The highest BCUT2D eigenvalue weighted by atomic mass is 16.4. The first-order valence-electron chi connectivity index (χ1n) is 7.48. The Balaban J connectivity index is 2.19. The summed E-state index contributed by atoms with van der Waals surface area (Å²) in [5.74, 6) is -1.18. The number of fused-ring (bicyclic) bond motifs is 1. The molecule has 0 unspecified atom stereocenters. The van der Waals surface area contributed by atoms with Crippen LogP contribution in [0.15, 0.2) is 29.2 Å². The third kappa shape index (κ3) is 2.46. The number of carbonyl (C=O) groups is 1. The minimum atomic E-state index is -1.18. The second-order valence-corrected chi connectivity index (χ2v) is 5.40. The Bertz CT molecular complexity index is 776. The summed E-state index contributed by atoms with van der Waals surface area (Å²) in [6.45, 7) is 6.13. The quantitative estimate of drug-likeness (QED) is 0.889. The average Bonchev–Trinajstić information content (AvgIpc) is 2.55. The van der Waals surface area contributed by atoms with Crippen LogP contribution in [0.3, 0.4) is 0 Å². The van der Waals surface area contributed by atoms with Gasteiger partial charge >= 0.3 is 5.97 Å². The van der Waals surface area contributed by atoms with Crippen molar-refractivity contribution in [3.05, 3.63) is 40.2 Å². The van der Waals surface area contributed by atoms with Gasteiger partial charge in [-0.15, -0.1) is 0 Å². The van der Waals surface area contributed by atoms with Crippen LogP contribution in [-0.2, 0) is 6.54 Å². The Morgan fingerprint density at radius 3 is 2.68 bits per heavy atom. The van der Waals surface area contributed by atoms with E-state index in [4.69, 9.17) is 0 Å². The highest BCUT2D eigenvalue weighted by Crippen LogP contribution is 2.21. The fourth-order valence-corrected chi connectivity index (χ4v) is 2.92. The molecule has 0 atom stereocenters. The van der Waals surface area contributed by atoms with Crippen molar-refractivity contribution in [2.45, 2.75) is 13.5 Å². The maximum atomic E-state index is 12.4. The number of carboxylic acids is 1. The molecule has 2 aromatic rings. The predicted molar refractivity (Wildman–Crippen MR) is 85.9 cm³/mol. The molecule has 1 aliphatic heterocycles. The topological polar surface area (TPSA) is 74.6 Å². The minimum absolute atomic E-state index is 0.174. The Hall–Kier alpha value is -2.34. The zero-order valence-corrected chi connectivity index (χ0v) is 12.5. The highest BCUT2D eigenvalue weighted by Gasteiger charge is 2.16. The normalized spacial score (nSPS) is 15.2. The van der Waals surface area contributed by atoms with Gasteiger partial charge in [0, 0.05) is 50.0 Å². The molecule has 22 heavy (non-hydrogen) atoms. The van der Waals surface area contributed by atoms with Gasteiger partial charge in [0.1, 0.15) is 5.56 Å². The zero-order valence-electron chi connectivity index (χ0n) is 12.5. The van der Waals surface area contributed by atoms with Gasteiger partial charge in [-0.1, -0.05) is 0 Å². The minimum Gasteiger partial charge on any atom is -0.477 e. The van der Waals surface area contributed by atoms with E-state index in [1.165, 1.54) is 6.20 Å². The lowest BCUT2D eigenvalue weighted by molar-refractivity contribution is 0.0695. The van der Waals surface area contributed by atoms with Crippen molar-refractivity contribution in [3.63, 3.8) is 0 Å². The third-order valence-corrected chi connectivity index (χ3v) is 4.12. The van der Waals surface area contributed by atoms with E-state index in [9.17, 15) is 14.7 Å². The molecule has 3 rings (SSSR count).